The van der Waals surface area contributed by atoms with Gasteiger partial charge in [-0.15, -0.1) is 0 Å². The number of benzene rings is 1. The van der Waals surface area contributed by atoms with Gasteiger partial charge in [0.1, 0.15) is 0 Å². The fourth-order valence-corrected chi connectivity index (χ4v) is 3.31. The Morgan fingerprint density at radius 1 is 1.10 bits per heavy atom. The summed E-state index contributed by atoms with van der Waals surface area (Å²) in [5.41, 5.74) is 1.85. The second-order valence-electron chi connectivity index (χ2n) is 7.50. The SMILES string of the molecule is CC(C)(C)C1CCCN(CCNCc2ccccc2)CC1. The molecule has 1 aromatic rings. The van der Waals surface area contributed by atoms with Crippen LogP contribution in [-0.2, 0) is 6.54 Å². The zero-order chi connectivity index (χ0) is 15.1. The molecule has 0 saturated carbocycles. The number of nitrogens with zero attached hydrogens (tertiary/aromatic N) is 1. The van der Waals surface area contributed by atoms with Crippen molar-refractivity contribution in [2.45, 2.75) is 46.6 Å². The van der Waals surface area contributed by atoms with Crippen molar-refractivity contribution in [2.75, 3.05) is 26.2 Å². The average molecular weight is 288 g/mol. The third-order valence-corrected chi connectivity index (χ3v) is 4.82. The Morgan fingerprint density at radius 3 is 2.57 bits per heavy atom. The minimum atomic E-state index is 0.474. The fourth-order valence-electron chi connectivity index (χ4n) is 3.31. The van der Waals surface area contributed by atoms with E-state index >= 15 is 0 Å². The number of nitrogens with one attached hydrogen (secondary N) is 1. The molecule has 1 aliphatic rings. The lowest BCUT2D eigenvalue weighted by molar-refractivity contribution is 0.208. The molecular formula is C19H32N2. The van der Waals surface area contributed by atoms with Gasteiger partial charge in [0.15, 0.2) is 0 Å². The van der Waals surface area contributed by atoms with E-state index in [0.29, 0.717) is 5.41 Å². The highest BCUT2D eigenvalue weighted by Gasteiger charge is 2.26. The van der Waals surface area contributed by atoms with E-state index in [-0.39, 0.29) is 0 Å². The van der Waals surface area contributed by atoms with Crippen LogP contribution in [0, 0.1) is 11.3 Å². The molecule has 1 heterocycles. The van der Waals surface area contributed by atoms with Crippen LogP contribution in [0.15, 0.2) is 30.3 Å². The van der Waals surface area contributed by atoms with Crippen LogP contribution in [-0.4, -0.2) is 31.1 Å². The molecule has 0 aliphatic carbocycles. The third-order valence-electron chi connectivity index (χ3n) is 4.82. The van der Waals surface area contributed by atoms with E-state index in [1.165, 1.54) is 44.5 Å². The number of hydrogen-bond acceptors (Lipinski definition) is 2. The first-order valence-corrected chi connectivity index (χ1v) is 8.53. The summed E-state index contributed by atoms with van der Waals surface area (Å²) in [4.78, 5) is 2.64. The van der Waals surface area contributed by atoms with Crippen LogP contribution >= 0.6 is 0 Å². The first kappa shape index (κ1) is 16.5. The molecule has 1 aliphatic heterocycles. The van der Waals surface area contributed by atoms with Crippen LogP contribution in [0.25, 0.3) is 0 Å². The van der Waals surface area contributed by atoms with Crippen molar-refractivity contribution in [2.24, 2.45) is 11.3 Å². The molecule has 1 N–H and O–H groups in total. The standard InChI is InChI=1S/C19H32N2/c1-19(2,3)18-10-7-13-21(14-11-18)15-12-20-16-17-8-5-4-6-9-17/h4-6,8-9,18,20H,7,10-16H2,1-3H3. The van der Waals surface area contributed by atoms with Gasteiger partial charge < -0.3 is 10.2 Å². The molecule has 1 saturated heterocycles. The van der Waals surface area contributed by atoms with Gasteiger partial charge in [-0.3, -0.25) is 0 Å². The Hall–Kier alpha value is -0.860. The zero-order valence-corrected chi connectivity index (χ0v) is 14.1. The van der Waals surface area contributed by atoms with Crippen LogP contribution in [0.1, 0.15) is 45.6 Å². The second kappa shape index (κ2) is 7.95. The van der Waals surface area contributed by atoms with Crippen molar-refractivity contribution in [3.8, 4) is 0 Å². The maximum absolute atomic E-state index is 3.57. The predicted molar refractivity (Wildman–Crippen MR) is 91.4 cm³/mol. The Bertz CT molecular complexity index is 394. The Balaban J connectivity index is 1.65. The molecule has 0 aromatic heterocycles. The smallest absolute Gasteiger partial charge is 0.0206 e. The van der Waals surface area contributed by atoms with E-state index < -0.39 is 0 Å². The predicted octanol–water partition coefficient (Wildman–Crippen LogP) is 3.92. The molecule has 0 amide bonds. The molecule has 0 spiro atoms. The lowest BCUT2D eigenvalue weighted by Crippen LogP contribution is -2.33. The number of rotatable bonds is 5. The van der Waals surface area contributed by atoms with Gasteiger partial charge in [-0.1, -0.05) is 51.1 Å². The van der Waals surface area contributed by atoms with Crippen molar-refractivity contribution >= 4 is 0 Å². The lowest BCUT2D eigenvalue weighted by Gasteiger charge is -2.29. The van der Waals surface area contributed by atoms with Crippen LogP contribution in [0.4, 0.5) is 0 Å². The van der Waals surface area contributed by atoms with Crippen LogP contribution in [0.2, 0.25) is 0 Å². The van der Waals surface area contributed by atoms with Gasteiger partial charge >= 0.3 is 0 Å². The summed E-state index contributed by atoms with van der Waals surface area (Å²) in [5.74, 6) is 0.889. The second-order valence-corrected chi connectivity index (χ2v) is 7.50. The molecule has 2 heteroatoms. The molecule has 21 heavy (non-hydrogen) atoms. The Labute approximate surface area is 130 Å². The molecule has 2 rings (SSSR count). The summed E-state index contributed by atoms with van der Waals surface area (Å²) >= 11 is 0. The van der Waals surface area contributed by atoms with Gasteiger partial charge in [0, 0.05) is 19.6 Å². The van der Waals surface area contributed by atoms with Crippen LogP contribution < -0.4 is 5.32 Å². The molecule has 1 unspecified atom stereocenters. The Kier molecular flexibility index (Phi) is 6.25. The third kappa shape index (κ3) is 5.80. The Morgan fingerprint density at radius 2 is 1.86 bits per heavy atom. The first-order chi connectivity index (χ1) is 10.1. The van der Waals surface area contributed by atoms with E-state index in [1.807, 2.05) is 0 Å². The first-order valence-electron chi connectivity index (χ1n) is 8.53. The highest BCUT2D eigenvalue weighted by molar-refractivity contribution is 5.14. The molecule has 0 radical (unpaired) electrons. The summed E-state index contributed by atoms with van der Waals surface area (Å²) in [6, 6.07) is 10.7. The van der Waals surface area contributed by atoms with Gasteiger partial charge in [0.2, 0.25) is 0 Å². The largest absolute Gasteiger partial charge is 0.311 e. The minimum Gasteiger partial charge on any atom is -0.311 e. The molecule has 2 nitrogen and oxygen atoms in total. The van der Waals surface area contributed by atoms with E-state index in [9.17, 15) is 0 Å². The zero-order valence-electron chi connectivity index (χ0n) is 14.1. The molecule has 0 bridgehead atoms. The maximum atomic E-state index is 3.57. The fraction of sp³-hybridized carbons (Fsp3) is 0.684. The maximum Gasteiger partial charge on any atom is 0.0206 e. The number of hydrogen-bond donors (Lipinski definition) is 1. The normalized spacial score (nSPS) is 21.2. The van der Waals surface area contributed by atoms with Gasteiger partial charge in [-0.05, 0) is 49.2 Å². The quantitative estimate of drug-likeness (QED) is 0.826. The summed E-state index contributed by atoms with van der Waals surface area (Å²) < 4.78 is 0. The molecule has 1 fully saturated rings. The van der Waals surface area contributed by atoms with E-state index in [1.54, 1.807) is 0 Å². The highest BCUT2D eigenvalue weighted by Crippen LogP contribution is 2.34. The van der Waals surface area contributed by atoms with Crippen LogP contribution in [0.3, 0.4) is 0 Å². The molecule has 1 atom stereocenters. The monoisotopic (exact) mass is 288 g/mol. The summed E-state index contributed by atoms with van der Waals surface area (Å²) in [6.45, 7) is 13.0. The van der Waals surface area contributed by atoms with Crippen molar-refractivity contribution < 1.29 is 0 Å². The molecular weight excluding hydrogens is 256 g/mol. The van der Waals surface area contributed by atoms with Crippen molar-refractivity contribution in [1.29, 1.82) is 0 Å². The molecule has 1 aromatic carbocycles. The highest BCUT2D eigenvalue weighted by atomic mass is 15.1. The van der Waals surface area contributed by atoms with Gasteiger partial charge in [0.25, 0.3) is 0 Å². The minimum absolute atomic E-state index is 0.474. The van der Waals surface area contributed by atoms with Gasteiger partial charge in [0.05, 0.1) is 0 Å². The van der Waals surface area contributed by atoms with Gasteiger partial charge in [-0.2, -0.15) is 0 Å². The summed E-state index contributed by atoms with van der Waals surface area (Å²) in [5, 5.41) is 3.57. The summed E-state index contributed by atoms with van der Waals surface area (Å²) in [6.07, 6.45) is 4.13. The topological polar surface area (TPSA) is 15.3 Å². The van der Waals surface area contributed by atoms with Crippen molar-refractivity contribution in [3.63, 3.8) is 0 Å². The average Bonchev–Trinajstić information content (AvgIpc) is 2.70. The van der Waals surface area contributed by atoms with Crippen molar-refractivity contribution in [1.82, 2.24) is 10.2 Å². The van der Waals surface area contributed by atoms with E-state index in [0.717, 1.165) is 19.0 Å². The molecule has 118 valence electrons. The number of likely N-dealkylation sites (tertiary alicyclic amines) is 1. The van der Waals surface area contributed by atoms with Crippen molar-refractivity contribution in [3.05, 3.63) is 35.9 Å². The van der Waals surface area contributed by atoms with Gasteiger partial charge in [-0.25, -0.2) is 0 Å². The summed E-state index contributed by atoms with van der Waals surface area (Å²) in [7, 11) is 0. The van der Waals surface area contributed by atoms with E-state index in [2.05, 4.69) is 61.3 Å². The lowest BCUT2D eigenvalue weighted by atomic mass is 9.77. The van der Waals surface area contributed by atoms with Crippen LogP contribution in [0.5, 0.6) is 0 Å². The van der Waals surface area contributed by atoms with E-state index in [4.69, 9.17) is 0 Å².